The van der Waals surface area contributed by atoms with Gasteiger partial charge >= 0.3 is 5.97 Å². The van der Waals surface area contributed by atoms with Gasteiger partial charge in [0.15, 0.2) is 6.04 Å². The summed E-state index contributed by atoms with van der Waals surface area (Å²) in [6.07, 6.45) is 3.34. The van der Waals surface area contributed by atoms with E-state index in [0.29, 0.717) is 32.8 Å². The predicted molar refractivity (Wildman–Crippen MR) is 93.3 cm³/mol. The molecule has 0 saturated heterocycles. The molecule has 1 amide bonds. The molecule has 3 aromatic rings. The third-order valence-corrected chi connectivity index (χ3v) is 5.81. The quantitative estimate of drug-likeness (QED) is 0.687. The highest BCUT2D eigenvalue weighted by Gasteiger charge is 2.39. The largest absolute Gasteiger partial charge is 0.479 e. The van der Waals surface area contributed by atoms with Gasteiger partial charge in [0.05, 0.1) is 28.6 Å². The third kappa shape index (κ3) is 2.25. The Hall–Kier alpha value is -3.01. The summed E-state index contributed by atoms with van der Waals surface area (Å²) >= 11 is 1.11. The van der Waals surface area contributed by atoms with Crippen molar-refractivity contribution in [1.29, 1.82) is 0 Å². The molecule has 0 aliphatic carbocycles. The zero-order chi connectivity index (χ0) is 18.6. The lowest BCUT2D eigenvalue weighted by atomic mass is 10.0. The van der Waals surface area contributed by atoms with E-state index in [0.717, 1.165) is 17.0 Å². The molecule has 0 radical (unpaired) electrons. The molecular formula is C16H15N5O4S. The van der Waals surface area contributed by atoms with Gasteiger partial charge in [-0.1, -0.05) is 0 Å². The molecule has 0 fully saturated rings. The third-order valence-electron chi connectivity index (χ3n) is 4.62. The van der Waals surface area contributed by atoms with E-state index >= 15 is 0 Å². The minimum absolute atomic E-state index is 0.231. The van der Waals surface area contributed by atoms with Crippen molar-refractivity contribution in [1.82, 2.24) is 24.4 Å². The Morgan fingerprint density at radius 1 is 1.38 bits per heavy atom. The number of imidazole rings is 1. The van der Waals surface area contributed by atoms with Gasteiger partial charge in [-0.15, -0.1) is 11.3 Å². The van der Waals surface area contributed by atoms with Gasteiger partial charge in [-0.3, -0.25) is 9.59 Å². The minimum Gasteiger partial charge on any atom is -0.479 e. The second-order valence-corrected chi connectivity index (χ2v) is 7.15. The van der Waals surface area contributed by atoms with E-state index in [1.807, 2.05) is 0 Å². The molecule has 4 rings (SSSR count). The first-order valence-electron chi connectivity index (χ1n) is 7.90. The van der Waals surface area contributed by atoms with Crippen molar-refractivity contribution in [3.8, 4) is 0 Å². The molecular weight excluding hydrogens is 358 g/mol. The maximum atomic E-state index is 13.1. The Balaban J connectivity index is 1.82. The Labute approximate surface area is 150 Å². The molecule has 0 bridgehead atoms. The molecule has 4 heterocycles. The zero-order valence-corrected chi connectivity index (χ0v) is 14.8. The molecule has 1 aliphatic rings. The topological polar surface area (TPSA) is 121 Å². The fourth-order valence-corrected chi connectivity index (χ4v) is 4.38. The monoisotopic (exact) mass is 373 g/mol. The van der Waals surface area contributed by atoms with Gasteiger partial charge < -0.3 is 19.6 Å². The molecule has 1 aliphatic heterocycles. The van der Waals surface area contributed by atoms with E-state index in [9.17, 15) is 19.5 Å². The van der Waals surface area contributed by atoms with Crippen LogP contribution >= 0.6 is 11.3 Å². The summed E-state index contributed by atoms with van der Waals surface area (Å²) in [5, 5.41) is 10.0. The number of hydrogen-bond acceptors (Lipinski definition) is 6. The Kier molecular flexibility index (Phi) is 3.65. The minimum atomic E-state index is -1.15. The first-order valence-corrected chi connectivity index (χ1v) is 8.72. The number of carboxylic acids is 1. The Morgan fingerprint density at radius 2 is 2.15 bits per heavy atom. The lowest BCUT2D eigenvalue weighted by molar-refractivity contribution is -0.143. The number of H-pyrrole nitrogens is 1. The van der Waals surface area contributed by atoms with Crippen molar-refractivity contribution in [2.24, 2.45) is 7.05 Å². The number of rotatable bonds is 2. The second kappa shape index (κ2) is 5.77. The van der Waals surface area contributed by atoms with Crippen molar-refractivity contribution >= 4 is 33.4 Å². The van der Waals surface area contributed by atoms with Gasteiger partial charge in [0.25, 0.3) is 11.5 Å². The smallest absolute Gasteiger partial charge is 0.332 e. The number of aliphatic carboxylic acids is 1. The highest BCUT2D eigenvalue weighted by Crippen LogP contribution is 2.33. The first kappa shape index (κ1) is 16.5. The van der Waals surface area contributed by atoms with Crippen molar-refractivity contribution in [3.05, 3.63) is 44.8 Å². The number of aromatic nitrogens is 4. The lowest BCUT2D eigenvalue weighted by Gasteiger charge is -2.32. The van der Waals surface area contributed by atoms with Crippen molar-refractivity contribution in [2.75, 3.05) is 6.54 Å². The molecule has 0 saturated carbocycles. The molecule has 9 nitrogen and oxygen atoms in total. The van der Waals surface area contributed by atoms with Crippen LogP contribution in [0.15, 0.2) is 17.4 Å². The van der Waals surface area contributed by atoms with Crippen LogP contribution in [0.1, 0.15) is 32.7 Å². The fourth-order valence-electron chi connectivity index (χ4n) is 3.29. The summed E-state index contributed by atoms with van der Waals surface area (Å²) < 4.78 is 1.35. The number of aromatic amines is 1. The van der Waals surface area contributed by atoms with Gasteiger partial charge in [-0.05, 0) is 12.5 Å². The summed E-state index contributed by atoms with van der Waals surface area (Å²) in [7, 11) is 1.59. The van der Waals surface area contributed by atoms with Crippen LogP contribution in [0.5, 0.6) is 0 Å². The van der Waals surface area contributed by atoms with Crippen LogP contribution in [0.25, 0.3) is 10.2 Å². The van der Waals surface area contributed by atoms with E-state index < -0.39 is 17.9 Å². The van der Waals surface area contributed by atoms with Crippen molar-refractivity contribution in [3.63, 3.8) is 0 Å². The van der Waals surface area contributed by atoms with E-state index in [1.54, 1.807) is 14.0 Å². The molecule has 1 unspecified atom stereocenters. The van der Waals surface area contributed by atoms with Crippen LogP contribution in [-0.4, -0.2) is 47.9 Å². The Morgan fingerprint density at radius 3 is 2.88 bits per heavy atom. The number of hydrogen-bond donors (Lipinski definition) is 2. The van der Waals surface area contributed by atoms with Crippen LogP contribution < -0.4 is 5.56 Å². The summed E-state index contributed by atoms with van der Waals surface area (Å²) in [6, 6.07) is -1.15. The van der Waals surface area contributed by atoms with Gasteiger partial charge in [0, 0.05) is 25.7 Å². The summed E-state index contributed by atoms with van der Waals surface area (Å²) in [4.78, 5) is 50.6. The number of amides is 1. The lowest BCUT2D eigenvalue weighted by Crippen LogP contribution is -2.43. The normalized spacial score (nSPS) is 16.7. The Bertz CT molecular complexity index is 1110. The number of nitrogens with one attached hydrogen (secondary N) is 1. The predicted octanol–water partition coefficient (Wildman–Crippen LogP) is 0.851. The molecule has 0 aromatic carbocycles. The average Bonchev–Trinajstić information content (AvgIpc) is 3.21. The van der Waals surface area contributed by atoms with Crippen LogP contribution in [0, 0.1) is 6.92 Å². The zero-order valence-electron chi connectivity index (χ0n) is 14.0. The molecule has 2 N–H and O–H groups in total. The van der Waals surface area contributed by atoms with Gasteiger partial charge in [0.1, 0.15) is 4.83 Å². The highest BCUT2D eigenvalue weighted by molar-refractivity contribution is 7.20. The molecule has 26 heavy (non-hydrogen) atoms. The average molecular weight is 373 g/mol. The number of nitrogens with zero attached hydrogens (tertiary/aromatic N) is 4. The number of carbonyl (C=O) groups is 2. The standard InChI is InChI=1S/C16H15N5O4S/c1-7-9-13(19-6-20(2)14(9)22)26-12(7)15(23)21-4-3-8-10(18-5-17-8)11(21)16(24)25/h5-6,11H,3-4H2,1-2H3,(H,17,18)(H,24,25). The van der Waals surface area contributed by atoms with Gasteiger partial charge in [-0.2, -0.15) is 0 Å². The molecule has 0 spiro atoms. The van der Waals surface area contributed by atoms with Gasteiger partial charge in [0.2, 0.25) is 0 Å². The SMILES string of the molecule is Cc1c(C(=O)N2CCc3[nH]cnc3C2C(=O)O)sc2ncn(C)c(=O)c12. The second-order valence-electron chi connectivity index (χ2n) is 6.15. The summed E-state index contributed by atoms with van der Waals surface area (Å²) in [5.74, 6) is -1.56. The summed E-state index contributed by atoms with van der Waals surface area (Å²) in [6.45, 7) is 1.94. The van der Waals surface area contributed by atoms with E-state index in [4.69, 9.17) is 0 Å². The van der Waals surface area contributed by atoms with Crippen LogP contribution in [0.4, 0.5) is 0 Å². The van der Waals surface area contributed by atoms with Crippen molar-refractivity contribution < 1.29 is 14.7 Å². The van der Waals surface area contributed by atoms with Crippen LogP contribution in [0.2, 0.25) is 0 Å². The number of carbonyl (C=O) groups excluding carboxylic acids is 1. The number of thiophene rings is 1. The molecule has 1 atom stereocenters. The van der Waals surface area contributed by atoms with Crippen LogP contribution in [-0.2, 0) is 18.3 Å². The maximum absolute atomic E-state index is 13.1. The van der Waals surface area contributed by atoms with E-state index in [2.05, 4.69) is 15.0 Å². The molecule has 134 valence electrons. The van der Waals surface area contributed by atoms with E-state index in [1.165, 1.54) is 22.1 Å². The summed E-state index contributed by atoms with van der Waals surface area (Å²) in [5.41, 5.74) is 1.38. The highest BCUT2D eigenvalue weighted by atomic mass is 32.1. The maximum Gasteiger partial charge on any atom is 0.332 e. The number of aryl methyl sites for hydroxylation is 2. The first-order chi connectivity index (χ1) is 12.4. The number of fused-ring (bicyclic) bond motifs is 2. The van der Waals surface area contributed by atoms with Crippen molar-refractivity contribution in [2.45, 2.75) is 19.4 Å². The van der Waals surface area contributed by atoms with Crippen LogP contribution in [0.3, 0.4) is 0 Å². The van der Waals surface area contributed by atoms with E-state index in [-0.39, 0.29) is 12.1 Å². The molecule has 10 heteroatoms. The molecule has 3 aromatic heterocycles. The number of carboxylic acid groups (broad SMARTS) is 1. The van der Waals surface area contributed by atoms with Gasteiger partial charge in [-0.25, -0.2) is 14.8 Å². The fraction of sp³-hybridized carbons (Fsp3) is 0.312.